The van der Waals surface area contributed by atoms with E-state index in [4.69, 9.17) is 19.4 Å². The quantitative estimate of drug-likeness (QED) is 0.105. The summed E-state index contributed by atoms with van der Waals surface area (Å²) in [5.41, 5.74) is 5.28. The van der Waals surface area contributed by atoms with E-state index in [0.717, 1.165) is 60.4 Å². The molecule has 4 aromatic rings. The van der Waals surface area contributed by atoms with Crippen molar-refractivity contribution < 1.29 is 19.1 Å². The van der Waals surface area contributed by atoms with Crippen LogP contribution in [-0.4, -0.2) is 35.1 Å². The average Bonchev–Trinajstić information content (AvgIpc) is 2.99. The molecule has 0 bridgehead atoms. The van der Waals surface area contributed by atoms with E-state index in [1.165, 1.54) is 25.7 Å². The summed E-state index contributed by atoms with van der Waals surface area (Å²) in [5.74, 6) is -0.739. The smallest absolute Gasteiger partial charge is 0.338 e. The number of fused-ring (bicyclic) bond motifs is 2. The second-order valence-electron chi connectivity index (χ2n) is 11.2. The zero-order valence-electron chi connectivity index (χ0n) is 25.6. The van der Waals surface area contributed by atoms with Crippen LogP contribution < -0.4 is 0 Å². The van der Waals surface area contributed by atoms with Crippen molar-refractivity contribution in [3.8, 4) is 11.4 Å². The van der Waals surface area contributed by atoms with Crippen molar-refractivity contribution >= 4 is 33.7 Å². The Morgan fingerprint density at radius 3 is 1.86 bits per heavy atom. The lowest BCUT2D eigenvalue weighted by atomic mass is 10.0. The molecule has 0 fully saturated rings. The molecule has 6 nitrogen and oxygen atoms in total. The van der Waals surface area contributed by atoms with Crippen molar-refractivity contribution in [2.24, 2.45) is 0 Å². The van der Waals surface area contributed by atoms with Crippen molar-refractivity contribution in [1.29, 1.82) is 0 Å². The first-order valence-corrected chi connectivity index (χ1v) is 15.6. The van der Waals surface area contributed by atoms with E-state index < -0.39 is 0 Å². The summed E-state index contributed by atoms with van der Waals surface area (Å²) in [7, 11) is 0. The van der Waals surface area contributed by atoms with Crippen LogP contribution >= 0.6 is 0 Å². The number of unbranched alkanes of at least 4 members (excludes halogenated alkanes) is 8. The number of ether oxygens (including phenoxy) is 2. The maximum absolute atomic E-state index is 13.4. The second-order valence-corrected chi connectivity index (χ2v) is 11.2. The zero-order valence-corrected chi connectivity index (χ0v) is 25.6. The molecule has 0 radical (unpaired) electrons. The van der Waals surface area contributed by atoms with Gasteiger partial charge in [0.2, 0.25) is 0 Å². The number of aryl methyl sites for hydroxylation is 2. The predicted molar refractivity (Wildman–Crippen MR) is 170 cm³/mol. The molecular formula is C36H44N2O4. The highest BCUT2D eigenvalue weighted by Crippen LogP contribution is 2.30. The maximum Gasteiger partial charge on any atom is 0.338 e. The highest BCUT2D eigenvalue weighted by Gasteiger charge is 2.20. The number of carbonyl (C=O) groups excluding carboxylic acids is 2. The van der Waals surface area contributed by atoms with E-state index in [9.17, 15) is 9.59 Å². The summed E-state index contributed by atoms with van der Waals surface area (Å²) < 4.78 is 11.4. The molecule has 222 valence electrons. The van der Waals surface area contributed by atoms with Gasteiger partial charge in [0.15, 0.2) is 0 Å². The molecule has 0 unspecified atom stereocenters. The predicted octanol–water partition coefficient (Wildman–Crippen LogP) is 9.32. The van der Waals surface area contributed by atoms with Gasteiger partial charge in [-0.3, -0.25) is 0 Å². The minimum atomic E-state index is -0.371. The summed E-state index contributed by atoms with van der Waals surface area (Å²) in [6, 6.07) is 15.1. The first kappa shape index (κ1) is 31.1. The van der Waals surface area contributed by atoms with Gasteiger partial charge in [-0.05, 0) is 62.6 Å². The molecule has 2 heterocycles. The Labute approximate surface area is 249 Å². The van der Waals surface area contributed by atoms with Gasteiger partial charge in [0.25, 0.3) is 0 Å². The van der Waals surface area contributed by atoms with Crippen LogP contribution in [0.1, 0.15) is 110 Å². The molecular weight excluding hydrogens is 524 g/mol. The molecule has 0 aliphatic heterocycles. The van der Waals surface area contributed by atoms with Gasteiger partial charge < -0.3 is 9.47 Å². The van der Waals surface area contributed by atoms with Crippen LogP contribution in [0, 0.1) is 13.8 Å². The topological polar surface area (TPSA) is 78.4 Å². The molecule has 0 aliphatic carbocycles. The molecule has 0 saturated carbocycles. The van der Waals surface area contributed by atoms with E-state index in [2.05, 4.69) is 13.8 Å². The Morgan fingerprint density at radius 2 is 1.21 bits per heavy atom. The molecule has 0 atom stereocenters. The number of pyridine rings is 2. The second kappa shape index (κ2) is 15.4. The lowest BCUT2D eigenvalue weighted by Gasteiger charge is -2.14. The summed E-state index contributed by atoms with van der Waals surface area (Å²) >= 11 is 0. The van der Waals surface area contributed by atoms with Crippen LogP contribution in [0.25, 0.3) is 33.2 Å². The van der Waals surface area contributed by atoms with E-state index in [1.807, 2.05) is 50.2 Å². The van der Waals surface area contributed by atoms with Crippen LogP contribution in [0.4, 0.5) is 0 Å². The molecule has 0 amide bonds. The highest BCUT2D eigenvalue weighted by molar-refractivity contribution is 6.07. The average molecular weight is 569 g/mol. The molecule has 0 aliphatic rings. The van der Waals surface area contributed by atoms with Gasteiger partial charge in [-0.25, -0.2) is 19.6 Å². The fourth-order valence-corrected chi connectivity index (χ4v) is 5.30. The van der Waals surface area contributed by atoms with Gasteiger partial charge in [-0.2, -0.15) is 0 Å². The molecule has 6 heteroatoms. The Balaban J connectivity index is 1.68. The molecule has 0 spiro atoms. The lowest BCUT2D eigenvalue weighted by Crippen LogP contribution is -2.10. The van der Waals surface area contributed by atoms with Crippen molar-refractivity contribution in [1.82, 2.24) is 9.97 Å². The SMILES string of the molecule is CCCCCCCOC(=O)c1cc(-c2cc(C(=O)OCCCCCCC)c3c(C)cccc3n2)nc2ccc(C)cc12. The summed E-state index contributed by atoms with van der Waals surface area (Å²) in [6.07, 6.45) is 10.8. The first-order chi connectivity index (χ1) is 20.4. The monoisotopic (exact) mass is 568 g/mol. The van der Waals surface area contributed by atoms with Crippen molar-refractivity contribution in [2.45, 2.75) is 91.9 Å². The van der Waals surface area contributed by atoms with Gasteiger partial charge in [-0.15, -0.1) is 0 Å². The Hall–Kier alpha value is -3.80. The van der Waals surface area contributed by atoms with Crippen LogP contribution in [0.3, 0.4) is 0 Å². The lowest BCUT2D eigenvalue weighted by molar-refractivity contribution is 0.0490. The Kier molecular flexibility index (Phi) is 11.4. The third kappa shape index (κ3) is 7.93. The number of hydrogen-bond donors (Lipinski definition) is 0. The molecule has 42 heavy (non-hydrogen) atoms. The van der Waals surface area contributed by atoms with E-state index in [1.54, 1.807) is 12.1 Å². The summed E-state index contributed by atoms with van der Waals surface area (Å²) in [4.78, 5) is 36.5. The summed E-state index contributed by atoms with van der Waals surface area (Å²) in [5, 5.41) is 1.52. The summed E-state index contributed by atoms with van der Waals surface area (Å²) in [6.45, 7) is 9.09. The fraction of sp³-hybridized carbons (Fsp3) is 0.444. The number of rotatable bonds is 15. The molecule has 0 N–H and O–H groups in total. The van der Waals surface area contributed by atoms with Crippen molar-refractivity contribution in [3.05, 3.63) is 70.8 Å². The number of hydrogen-bond acceptors (Lipinski definition) is 6. The molecule has 4 rings (SSSR count). The number of esters is 2. The first-order valence-electron chi connectivity index (χ1n) is 15.6. The molecule has 2 aromatic heterocycles. The van der Waals surface area contributed by atoms with Gasteiger partial charge >= 0.3 is 11.9 Å². The zero-order chi connectivity index (χ0) is 29.9. The number of carbonyl (C=O) groups is 2. The van der Waals surface area contributed by atoms with Gasteiger partial charge in [0.05, 0.1) is 46.8 Å². The van der Waals surface area contributed by atoms with E-state index in [-0.39, 0.29) is 11.9 Å². The number of benzene rings is 2. The number of aromatic nitrogens is 2. The van der Waals surface area contributed by atoms with Crippen molar-refractivity contribution in [2.75, 3.05) is 13.2 Å². The van der Waals surface area contributed by atoms with Crippen LogP contribution in [0.2, 0.25) is 0 Å². The van der Waals surface area contributed by atoms with Crippen LogP contribution in [-0.2, 0) is 9.47 Å². The van der Waals surface area contributed by atoms with Crippen molar-refractivity contribution in [3.63, 3.8) is 0 Å². The van der Waals surface area contributed by atoms with E-state index >= 15 is 0 Å². The fourth-order valence-electron chi connectivity index (χ4n) is 5.30. The minimum absolute atomic E-state index is 0.368. The van der Waals surface area contributed by atoms with Gasteiger partial charge in [0, 0.05) is 10.8 Å². The van der Waals surface area contributed by atoms with Crippen LogP contribution in [0.5, 0.6) is 0 Å². The maximum atomic E-state index is 13.4. The molecule has 2 aromatic carbocycles. The Morgan fingerprint density at radius 1 is 0.643 bits per heavy atom. The largest absolute Gasteiger partial charge is 0.462 e. The standard InChI is InChI=1S/C36H44N2O4/c1-5-7-9-11-13-20-41-35(39)28-23-32(37-30-19-18-25(3)22-27(28)30)33-24-29(34-26(4)16-15-17-31(34)38-33)36(40)42-21-14-12-10-8-6-2/h15-19,22-24H,5-14,20-21H2,1-4H3. The van der Waals surface area contributed by atoms with E-state index in [0.29, 0.717) is 46.8 Å². The van der Waals surface area contributed by atoms with Gasteiger partial charge in [-0.1, -0.05) is 89.0 Å². The number of nitrogens with zero attached hydrogens (tertiary/aromatic N) is 2. The van der Waals surface area contributed by atoms with Gasteiger partial charge in [0.1, 0.15) is 0 Å². The minimum Gasteiger partial charge on any atom is -0.462 e. The normalized spacial score (nSPS) is 11.2. The van der Waals surface area contributed by atoms with Crippen LogP contribution in [0.15, 0.2) is 48.5 Å². The third-order valence-electron chi connectivity index (χ3n) is 7.67. The molecule has 0 saturated heterocycles. The highest BCUT2D eigenvalue weighted by atomic mass is 16.5. The third-order valence-corrected chi connectivity index (χ3v) is 7.67. The Bertz CT molecular complexity index is 1530.